The molecule has 4 heterocycles. The van der Waals surface area contributed by atoms with E-state index in [2.05, 4.69) is 20.2 Å². The summed E-state index contributed by atoms with van der Waals surface area (Å²) >= 11 is 0. The largest absolute Gasteiger partial charge is 0.472 e. The highest BCUT2D eigenvalue weighted by molar-refractivity contribution is 5.96. The second-order valence-electron chi connectivity index (χ2n) is 8.43. The van der Waals surface area contributed by atoms with Gasteiger partial charge in [0.25, 0.3) is 5.91 Å². The highest BCUT2D eigenvalue weighted by Gasteiger charge is 2.53. The van der Waals surface area contributed by atoms with Crippen molar-refractivity contribution in [1.29, 1.82) is 0 Å². The van der Waals surface area contributed by atoms with Crippen LogP contribution in [0.5, 0.6) is 5.88 Å². The van der Waals surface area contributed by atoms with Gasteiger partial charge in [-0.15, -0.1) is 4.80 Å². The van der Waals surface area contributed by atoms with Gasteiger partial charge in [0.05, 0.1) is 24.0 Å². The number of carbonyl (C=O) groups is 1. The van der Waals surface area contributed by atoms with Crippen LogP contribution in [0, 0.1) is 12.8 Å². The molecule has 0 unspecified atom stereocenters. The first-order valence-corrected chi connectivity index (χ1v) is 10.6. The summed E-state index contributed by atoms with van der Waals surface area (Å²) in [6.07, 6.45) is 0.430. The number of carbonyl (C=O) groups excluding carboxylic acids is 1. The van der Waals surface area contributed by atoms with Crippen molar-refractivity contribution in [2.24, 2.45) is 5.92 Å². The lowest BCUT2D eigenvalue weighted by atomic mass is 9.98. The molecule has 1 amide bonds. The highest BCUT2D eigenvalue weighted by atomic mass is 19.4. The zero-order valence-electron chi connectivity index (χ0n) is 17.9. The van der Waals surface area contributed by atoms with E-state index in [4.69, 9.17) is 4.74 Å². The van der Waals surface area contributed by atoms with E-state index in [1.807, 2.05) is 6.92 Å². The van der Waals surface area contributed by atoms with Crippen molar-refractivity contribution in [1.82, 2.24) is 29.9 Å². The van der Waals surface area contributed by atoms with Crippen molar-refractivity contribution in [3.63, 3.8) is 0 Å². The lowest BCUT2D eigenvalue weighted by Gasteiger charge is -2.37. The Kier molecular flexibility index (Phi) is 5.06. The van der Waals surface area contributed by atoms with Crippen LogP contribution in [-0.4, -0.2) is 54.0 Å². The second kappa shape index (κ2) is 7.82. The summed E-state index contributed by atoms with van der Waals surface area (Å²) < 4.78 is 44.4. The highest BCUT2D eigenvalue weighted by Crippen LogP contribution is 2.44. The molecule has 4 atom stereocenters. The third kappa shape index (κ3) is 3.81. The Balaban J connectivity index is 1.40. The maximum Gasteiger partial charge on any atom is 0.417 e. The number of aryl methyl sites for hydroxylation is 1. The molecular weight excluding hydrogens is 437 g/mol. The number of nitrogens with zero attached hydrogens (tertiary/aromatic N) is 6. The first-order chi connectivity index (χ1) is 15.7. The number of fused-ring (bicyclic) bond motifs is 2. The first-order valence-electron chi connectivity index (χ1n) is 10.6. The van der Waals surface area contributed by atoms with Crippen LogP contribution < -0.4 is 4.74 Å². The Labute approximate surface area is 187 Å². The molecule has 1 saturated carbocycles. The van der Waals surface area contributed by atoms with Crippen LogP contribution in [-0.2, 0) is 6.18 Å². The molecule has 2 bridgehead atoms. The summed E-state index contributed by atoms with van der Waals surface area (Å²) in [4.78, 5) is 25.1. The molecule has 11 heteroatoms. The monoisotopic (exact) mass is 458 g/mol. The third-order valence-corrected chi connectivity index (χ3v) is 6.41. The van der Waals surface area contributed by atoms with Gasteiger partial charge in [-0.25, -0.2) is 9.97 Å². The third-order valence-electron chi connectivity index (χ3n) is 6.41. The van der Waals surface area contributed by atoms with Gasteiger partial charge in [0.1, 0.15) is 11.8 Å². The van der Waals surface area contributed by atoms with Crippen LogP contribution in [0.2, 0.25) is 0 Å². The molecule has 2 aliphatic rings. The number of hydrogen-bond acceptors (Lipinski definition) is 6. The van der Waals surface area contributed by atoms with Crippen LogP contribution in [0.3, 0.4) is 0 Å². The Morgan fingerprint density at radius 1 is 1.12 bits per heavy atom. The minimum absolute atomic E-state index is 0.0244. The Morgan fingerprint density at radius 2 is 1.88 bits per heavy atom. The average Bonchev–Trinajstić information content (AvgIpc) is 3.50. The van der Waals surface area contributed by atoms with Crippen LogP contribution in [0.15, 0.2) is 42.9 Å². The lowest BCUT2D eigenvalue weighted by Crippen LogP contribution is -2.51. The predicted molar refractivity (Wildman–Crippen MR) is 110 cm³/mol. The van der Waals surface area contributed by atoms with Gasteiger partial charge < -0.3 is 9.64 Å². The van der Waals surface area contributed by atoms with E-state index in [9.17, 15) is 18.0 Å². The molecule has 0 aromatic carbocycles. The van der Waals surface area contributed by atoms with Crippen LogP contribution >= 0.6 is 0 Å². The summed E-state index contributed by atoms with van der Waals surface area (Å²) in [5.41, 5.74) is 0.580. The number of rotatable bonds is 4. The molecule has 172 valence electrons. The van der Waals surface area contributed by atoms with E-state index >= 15 is 0 Å². The Morgan fingerprint density at radius 3 is 2.52 bits per heavy atom. The number of likely N-dealkylation sites (tertiary alicyclic amines) is 1. The number of pyridine rings is 2. The maximum absolute atomic E-state index is 13.7. The van der Waals surface area contributed by atoms with E-state index in [1.165, 1.54) is 23.3 Å². The summed E-state index contributed by atoms with van der Waals surface area (Å²) in [5, 5.41) is 8.26. The molecule has 0 spiro atoms. The predicted octanol–water partition coefficient (Wildman–Crippen LogP) is 3.46. The van der Waals surface area contributed by atoms with Crippen LogP contribution in [0.25, 0.3) is 5.69 Å². The van der Waals surface area contributed by atoms with Gasteiger partial charge in [-0.3, -0.25) is 4.79 Å². The molecular formula is C22H21F3N6O2. The molecule has 5 rings (SSSR count). The smallest absolute Gasteiger partial charge is 0.417 e. The molecule has 3 aromatic rings. The number of alkyl halides is 3. The fraction of sp³-hybridized carbons (Fsp3) is 0.409. The van der Waals surface area contributed by atoms with Crippen molar-refractivity contribution in [3.8, 4) is 11.6 Å². The Hall–Kier alpha value is -3.50. The second-order valence-corrected chi connectivity index (χ2v) is 8.43. The van der Waals surface area contributed by atoms with Gasteiger partial charge in [0, 0.05) is 24.0 Å². The van der Waals surface area contributed by atoms with Gasteiger partial charge in [0.2, 0.25) is 5.88 Å². The van der Waals surface area contributed by atoms with Gasteiger partial charge in [-0.05, 0) is 50.8 Å². The van der Waals surface area contributed by atoms with Gasteiger partial charge in [-0.1, -0.05) is 0 Å². The number of amides is 1. The quantitative estimate of drug-likeness (QED) is 0.595. The number of piperidine rings is 1. The fourth-order valence-corrected chi connectivity index (χ4v) is 4.79. The Bertz CT molecular complexity index is 1170. The maximum atomic E-state index is 13.7. The molecule has 3 aromatic heterocycles. The normalized spacial score (nSPS) is 24.3. The summed E-state index contributed by atoms with van der Waals surface area (Å²) in [5.74, 6) is 0.0740. The zero-order valence-corrected chi connectivity index (χ0v) is 17.9. The van der Waals surface area contributed by atoms with Crippen molar-refractivity contribution in [2.75, 3.05) is 0 Å². The standard InChI is InChI=1S/C22H21F3N6O2/c1-12-3-5-16(31-27-7-8-28-31)20(29-12)21(32)30-13(2)14-9-17(30)18(10-14)33-19-6-4-15(11-26-19)22(23,24)25/h3-8,11,13-14,17-18H,9-10H2,1-2H3/t13-,14+,17-,18+/m1/s1. The summed E-state index contributed by atoms with van der Waals surface area (Å²) in [6.45, 7) is 3.80. The molecule has 8 nitrogen and oxygen atoms in total. The van der Waals surface area contributed by atoms with Gasteiger partial charge in [0.15, 0.2) is 5.69 Å². The minimum atomic E-state index is -4.46. The molecule has 2 fully saturated rings. The molecule has 1 aliphatic heterocycles. The topological polar surface area (TPSA) is 86.0 Å². The summed E-state index contributed by atoms with van der Waals surface area (Å²) in [6, 6.07) is 5.45. The fourth-order valence-electron chi connectivity index (χ4n) is 4.79. The van der Waals surface area contributed by atoms with E-state index in [0.29, 0.717) is 17.8 Å². The van der Waals surface area contributed by atoms with Gasteiger partial charge >= 0.3 is 6.18 Å². The molecule has 1 aliphatic carbocycles. The number of halogens is 3. The van der Waals surface area contributed by atoms with Gasteiger partial charge in [-0.2, -0.15) is 23.4 Å². The van der Waals surface area contributed by atoms with Crippen LogP contribution in [0.1, 0.15) is 41.5 Å². The molecule has 1 saturated heterocycles. The van der Waals surface area contributed by atoms with Crippen LogP contribution in [0.4, 0.5) is 13.2 Å². The number of hydrogen-bond donors (Lipinski definition) is 0. The average molecular weight is 458 g/mol. The van der Waals surface area contributed by atoms with E-state index < -0.39 is 11.7 Å². The zero-order chi connectivity index (χ0) is 23.3. The minimum Gasteiger partial charge on any atom is -0.472 e. The first kappa shape index (κ1) is 21.4. The van der Waals surface area contributed by atoms with Crippen molar-refractivity contribution in [2.45, 2.75) is 51.1 Å². The molecule has 33 heavy (non-hydrogen) atoms. The summed E-state index contributed by atoms with van der Waals surface area (Å²) in [7, 11) is 0. The van der Waals surface area contributed by atoms with E-state index in [1.54, 1.807) is 24.0 Å². The van der Waals surface area contributed by atoms with Crippen molar-refractivity contribution < 1.29 is 22.7 Å². The molecule has 0 N–H and O–H groups in total. The SMILES string of the molecule is Cc1ccc(-n2nccn2)c(C(=O)N2[C@H](C)[C@@H]3C[C@H](Oc4ccc(C(F)(F)F)cn4)[C@H]2C3)n1. The van der Waals surface area contributed by atoms with E-state index in [-0.39, 0.29) is 41.6 Å². The van der Waals surface area contributed by atoms with Crippen molar-refractivity contribution in [3.05, 3.63) is 59.8 Å². The van der Waals surface area contributed by atoms with Crippen molar-refractivity contribution >= 4 is 5.91 Å². The van der Waals surface area contributed by atoms with E-state index in [0.717, 1.165) is 18.7 Å². The number of aromatic nitrogens is 5. The number of ether oxygens (including phenoxy) is 1. The molecule has 0 radical (unpaired) electrons. The lowest BCUT2D eigenvalue weighted by molar-refractivity contribution is -0.137.